The van der Waals surface area contributed by atoms with E-state index in [1.165, 1.54) is 7.11 Å². The molecule has 4 heteroatoms. The van der Waals surface area contributed by atoms with Crippen molar-refractivity contribution >= 4 is 17.0 Å². The van der Waals surface area contributed by atoms with Gasteiger partial charge < -0.3 is 9.30 Å². The Hall–Kier alpha value is -1.84. The van der Waals surface area contributed by atoms with Crippen molar-refractivity contribution in [2.75, 3.05) is 7.11 Å². The van der Waals surface area contributed by atoms with E-state index in [1.54, 1.807) is 0 Å². The zero-order valence-electron chi connectivity index (χ0n) is 12.4. The Bertz CT molecular complexity index is 589. The minimum atomic E-state index is -0.292. The minimum Gasteiger partial charge on any atom is -0.467 e. The van der Waals surface area contributed by atoms with Crippen molar-refractivity contribution in [2.45, 2.75) is 45.6 Å². The van der Waals surface area contributed by atoms with Gasteiger partial charge in [0.05, 0.1) is 18.1 Å². The number of imidazole rings is 1. The minimum absolute atomic E-state index is 0.201. The number of ether oxygens (including phenoxy) is 1. The molecule has 0 saturated carbocycles. The van der Waals surface area contributed by atoms with Gasteiger partial charge in [0.15, 0.2) is 0 Å². The number of aromatic nitrogens is 2. The highest BCUT2D eigenvalue weighted by Crippen LogP contribution is 2.25. The normalized spacial score (nSPS) is 12.6. The number of hydrogen-bond donors (Lipinski definition) is 0. The van der Waals surface area contributed by atoms with E-state index < -0.39 is 0 Å². The van der Waals surface area contributed by atoms with Crippen molar-refractivity contribution in [2.24, 2.45) is 0 Å². The number of para-hydroxylation sites is 2. The second-order valence-electron chi connectivity index (χ2n) is 4.94. The van der Waals surface area contributed by atoms with Gasteiger partial charge in [-0.05, 0) is 25.0 Å². The lowest BCUT2D eigenvalue weighted by Crippen LogP contribution is -2.22. The molecule has 2 aromatic rings. The second-order valence-corrected chi connectivity index (χ2v) is 4.94. The molecule has 1 heterocycles. The van der Waals surface area contributed by atoms with E-state index in [0.717, 1.165) is 36.1 Å². The highest BCUT2D eigenvalue weighted by molar-refractivity contribution is 5.81. The Morgan fingerprint density at radius 3 is 2.75 bits per heavy atom. The number of carbonyl (C=O) groups excluding carboxylic acids is 1. The van der Waals surface area contributed by atoms with Gasteiger partial charge in [0.25, 0.3) is 0 Å². The van der Waals surface area contributed by atoms with Crippen molar-refractivity contribution in [3.63, 3.8) is 0 Å². The number of aryl methyl sites for hydroxylation is 1. The molecule has 0 saturated heterocycles. The van der Waals surface area contributed by atoms with E-state index >= 15 is 0 Å². The van der Waals surface area contributed by atoms with Crippen molar-refractivity contribution in [1.29, 1.82) is 0 Å². The van der Waals surface area contributed by atoms with Gasteiger partial charge in [-0.15, -0.1) is 0 Å². The number of rotatable bonds is 6. The van der Waals surface area contributed by atoms with Crippen LogP contribution >= 0.6 is 0 Å². The number of esters is 1. The fourth-order valence-electron chi connectivity index (χ4n) is 2.54. The van der Waals surface area contributed by atoms with Crippen molar-refractivity contribution in [3.05, 3.63) is 30.1 Å². The zero-order valence-corrected chi connectivity index (χ0v) is 12.4. The second kappa shape index (κ2) is 6.55. The van der Waals surface area contributed by atoms with Crippen LogP contribution in [0.25, 0.3) is 11.0 Å². The summed E-state index contributed by atoms with van der Waals surface area (Å²) in [5.74, 6) is 0.777. The number of fused-ring (bicyclic) bond motifs is 1. The first kappa shape index (κ1) is 14.6. The number of benzene rings is 1. The van der Waals surface area contributed by atoms with Gasteiger partial charge in [-0.3, -0.25) is 0 Å². The van der Waals surface area contributed by atoms with E-state index in [9.17, 15) is 4.79 Å². The summed E-state index contributed by atoms with van der Waals surface area (Å²) < 4.78 is 7.00. The maximum absolute atomic E-state index is 12.0. The average molecular weight is 274 g/mol. The fourth-order valence-corrected chi connectivity index (χ4v) is 2.54. The van der Waals surface area contributed by atoms with Crippen LogP contribution < -0.4 is 0 Å². The first-order valence-corrected chi connectivity index (χ1v) is 7.26. The molecule has 0 N–H and O–H groups in total. The van der Waals surface area contributed by atoms with Crippen LogP contribution in [0.2, 0.25) is 0 Å². The fraction of sp³-hybridized carbons (Fsp3) is 0.500. The van der Waals surface area contributed by atoms with Gasteiger partial charge in [0.2, 0.25) is 0 Å². The van der Waals surface area contributed by atoms with Crippen molar-refractivity contribution < 1.29 is 9.53 Å². The summed E-state index contributed by atoms with van der Waals surface area (Å²) in [7, 11) is 1.44. The Morgan fingerprint density at radius 2 is 2.10 bits per heavy atom. The molecule has 0 aliphatic heterocycles. The summed E-state index contributed by atoms with van der Waals surface area (Å²) in [5.41, 5.74) is 1.96. The number of hydrogen-bond acceptors (Lipinski definition) is 3. The van der Waals surface area contributed by atoms with Crippen LogP contribution in [0.1, 0.15) is 45.0 Å². The van der Waals surface area contributed by atoms with Crippen LogP contribution in [0.3, 0.4) is 0 Å². The molecule has 1 unspecified atom stereocenters. The third kappa shape index (κ3) is 2.69. The topological polar surface area (TPSA) is 44.1 Å². The molecule has 0 aliphatic carbocycles. The van der Waals surface area contributed by atoms with Crippen LogP contribution in [0.5, 0.6) is 0 Å². The van der Waals surface area contributed by atoms with E-state index in [1.807, 2.05) is 31.2 Å². The molecule has 0 amide bonds. The molecule has 0 bridgehead atoms. The van der Waals surface area contributed by atoms with Crippen LogP contribution in [0.4, 0.5) is 0 Å². The number of nitrogens with zero attached hydrogens (tertiary/aromatic N) is 2. The molecular weight excluding hydrogens is 252 g/mol. The third-order valence-electron chi connectivity index (χ3n) is 3.59. The molecule has 0 spiro atoms. The van der Waals surface area contributed by atoms with Crippen molar-refractivity contribution in [3.8, 4) is 0 Å². The van der Waals surface area contributed by atoms with Crippen LogP contribution in [-0.4, -0.2) is 22.6 Å². The molecule has 1 aromatic heterocycles. The standard InChI is InChI=1S/C16H22N2O2/c1-4-6-11-15-17-12-9-7-8-10-14(12)18(15)13(5-2)16(19)20-3/h7-10,13H,4-6,11H2,1-3H3. The van der Waals surface area contributed by atoms with Crippen LogP contribution in [0.15, 0.2) is 24.3 Å². The Balaban J connectivity index is 2.54. The lowest BCUT2D eigenvalue weighted by molar-refractivity contribution is -0.144. The van der Waals surface area contributed by atoms with Gasteiger partial charge >= 0.3 is 5.97 Å². The van der Waals surface area contributed by atoms with Crippen molar-refractivity contribution in [1.82, 2.24) is 9.55 Å². The van der Waals surface area contributed by atoms with Gasteiger partial charge in [0.1, 0.15) is 11.9 Å². The van der Waals surface area contributed by atoms with Gasteiger partial charge in [-0.2, -0.15) is 0 Å². The molecule has 2 rings (SSSR count). The number of unbranched alkanes of at least 4 members (excludes halogenated alkanes) is 1. The number of methoxy groups -OCH3 is 1. The molecule has 0 aliphatic rings. The Labute approximate surface area is 119 Å². The summed E-state index contributed by atoms with van der Waals surface area (Å²) in [4.78, 5) is 16.7. The highest BCUT2D eigenvalue weighted by Gasteiger charge is 2.24. The molecule has 108 valence electrons. The molecule has 20 heavy (non-hydrogen) atoms. The average Bonchev–Trinajstić information content (AvgIpc) is 2.84. The Morgan fingerprint density at radius 1 is 1.35 bits per heavy atom. The van der Waals surface area contributed by atoms with E-state index in [0.29, 0.717) is 6.42 Å². The quantitative estimate of drug-likeness (QED) is 0.757. The first-order chi connectivity index (χ1) is 9.72. The SMILES string of the molecule is CCCCc1nc2ccccc2n1C(CC)C(=O)OC. The van der Waals surface area contributed by atoms with E-state index in [-0.39, 0.29) is 12.0 Å². The largest absolute Gasteiger partial charge is 0.467 e. The summed E-state index contributed by atoms with van der Waals surface area (Å²) in [5, 5.41) is 0. The van der Waals surface area contributed by atoms with E-state index in [2.05, 4.69) is 11.5 Å². The molecular formula is C16H22N2O2. The summed E-state index contributed by atoms with van der Waals surface area (Å²) >= 11 is 0. The smallest absolute Gasteiger partial charge is 0.328 e. The molecule has 1 atom stereocenters. The third-order valence-corrected chi connectivity index (χ3v) is 3.59. The van der Waals surface area contributed by atoms with Gasteiger partial charge in [0, 0.05) is 6.42 Å². The summed E-state index contributed by atoms with van der Waals surface area (Å²) in [6.45, 7) is 4.16. The summed E-state index contributed by atoms with van der Waals surface area (Å²) in [6, 6.07) is 7.67. The molecule has 0 fully saturated rings. The van der Waals surface area contributed by atoms with Gasteiger partial charge in [-0.1, -0.05) is 32.4 Å². The monoisotopic (exact) mass is 274 g/mol. The molecule has 1 aromatic carbocycles. The first-order valence-electron chi connectivity index (χ1n) is 7.26. The van der Waals surface area contributed by atoms with Crippen LogP contribution in [-0.2, 0) is 16.0 Å². The van der Waals surface area contributed by atoms with E-state index in [4.69, 9.17) is 9.72 Å². The maximum Gasteiger partial charge on any atom is 0.328 e. The Kier molecular flexibility index (Phi) is 4.77. The zero-order chi connectivity index (χ0) is 14.5. The maximum atomic E-state index is 12.0. The number of carbonyl (C=O) groups is 1. The summed E-state index contributed by atoms with van der Waals surface area (Å²) in [6.07, 6.45) is 3.77. The van der Waals surface area contributed by atoms with Crippen LogP contribution in [0, 0.1) is 0 Å². The van der Waals surface area contributed by atoms with Gasteiger partial charge in [-0.25, -0.2) is 9.78 Å². The highest BCUT2D eigenvalue weighted by atomic mass is 16.5. The predicted octanol–water partition coefficient (Wildman–Crippen LogP) is 3.50. The lowest BCUT2D eigenvalue weighted by atomic mass is 10.2. The molecule has 4 nitrogen and oxygen atoms in total. The predicted molar refractivity (Wildman–Crippen MR) is 79.7 cm³/mol. The molecule has 0 radical (unpaired) electrons. The lowest BCUT2D eigenvalue weighted by Gasteiger charge is -2.18.